The number of benzene rings is 2. The van der Waals surface area contributed by atoms with Crippen molar-refractivity contribution in [3.63, 3.8) is 0 Å². The van der Waals surface area contributed by atoms with E-state index in [1.54, 1.807) is 23.0 Å². The molecule has 0 aliphatic carbocycles. The minimum atomic E-state index is -0.278. The second-order valence-electron chi connectivity index (χ2n) is 6.63. The van der Waals surface area contributed by atoms with E-state index in [0.29, 0.717) is 6.42 Å². The van der Waals surface area contributed by atoms with Gasteiger partial charge in [-0.15, -0.1) is 0 Å². The molecule has 0 saturated heterocycles. The molecule has 5 heteroatoms. The smallest absolute Gasteiger partial charge is 0.224 e. The molecule has 0 spiro atoms. The van der Waals surface area contributed by atoms with Crippen LogP contribution in [0.25, 0.3) is 5.69 Å². The van der Waals surface area contributed by atoms with E-state index >= 15 is 0 Å². The Hall–Kier alpha value is -2.95. The average Bonchev–Trinajstić information content (AvgIpc) is 3.16. The molecule has 0 aliphatic heterocycles. The summed E-state index contributed by atoms with van der Waals surface area (Å²) in [6.45, 7) is 4.07. The van der Waals surface area contributed by atoms with Gasteiger partial charge in [0.05, 0.1) is 18.2 Å². The standard InChI is InChI=1S/C21H22FN3O/c1-15(2)21(17-6-8-18(22)9-7-17)24-20(26)14-16-4-10-19(11-5-16)25-13-3-12-23-25/h3-13,15,21H,14H2,1-2H3,(H,24,26). The summed E-state index contributed by atoms with van der Waals surface area (Å²) in [6.07, 6.45) is 3.89. The van der Waals surface area contributed by atoms with Gasteiger partial charge in [0.1, 0.15) is 5.82 Å². The molecule has 1 heterocycles. The predicted octanol–water partition coefficient (Wildman–Crippen LogP) is 4.07. The van der Waals surface area contributed by atoms with Gasteiger partial charge in [-0.2, -0.15) is 5.10 Å². The van der Waals surface area contributed by atoms with Gasteiger partial charge in [-0.3, -0.25) is 4.79 Å². The Morgan fingerprint density at radius 3 is 2.38 bits per heavy atom. The van der Waals surface area contributed by atoms with Crippen molar-refractivity contribution >= 4 is 5.91 Å². The Labute approximate surface area is 152 Å². The van der Waals surface area contributed by atoms with Crippen molar-refractivity contribution in [2.45, 2.75) is 26.3 Å². The molecule has 1 atom stereocenters. The molecule has 134 valence electrons. The molecule has 0 fully saturated rings. The SMILES string of the molecule is CC(C)C(NC(=O)Cc1ccc(-n2cccn2)cc1)c1ccc(F)cc1. The fourth-order valence-corrected chi connectivity index (χ4v) is 2.90. The highest BCUT2D eigenvalue weighted by Gasteiger charge is 2.18. The Kier molecular flexibility index (Phi) is 5.46. The Morgan fingerprint density at radius 2 is 1.81 bits per heavy atom. The third-order valence-corrected chi connectivity index (χ3v) is 4.28. The molecule has 1 amide bonds. The van der Waals surface area contributed by atoms with Gasteiger partial charge in [0.15, 0.2) is 0 Å². The highest BCUT2D eigenvalue weighted by atomic mass is 19.1. The van der Waals surface area contributed by atoms with Crippen LogP contribution in [0, 0.1) is 11.7 Å². The van der Waals surface area contributed by atoms with Gasteiger partial charge in [0.2, 0.25) is 5.91 Å². The first-order chi connectivity index (χ1) is 12.5. The van der Waals surface area contributed by atoms with Crippen LogP contribution in [0.1, 0.15) is 31.0 Å². The van der Waals surface area contributed by atoms with E-state index in [1.165, 1.54) is 12.1 Å². The molecular weight excluding hydrogens is 329 g/mol. The van der Waals surface area contributed by atoms with E-state index < -0.39 is 0 Å². The minimum Gasteiger partial charge on any atom is -0.349 e. The number of amides is 1. The fourth-order valence-electron chi connectivity index (χ4n) is 2.90. The number of hydrogen-bond donors (Lipinski definition) is 1. The zero-order chi connectivity index (χ0) is 18.5. The van der Waals surface area contributed by atoms with E-state index in [9.17, 15) is 9.18 Å². The summed E-state index contributed by atoms with van der Waals surface area (Å²) in [7, 11) is 0. The third-order valence-electron chi connectivity index (χ3n) is 4.28. The number of halogens is 1. The summed E-state index contributed by atoms with van der Waals surface area (Å²) in [5, 5.41) is 7.25. The van der Waals surface area contributed by atoms with Crippen LogP contribution in [0.3, 0.4) is 0 Å². The first kappa shape index (κ1) is 17.9. The lowest BCUT2D eigenvalue weighted by Crippen LogP contribution is -2.32. The van der Waals surface area contributed by atoms with E-state index in [4.69, 9.17) is 0 Å². The highest BCUT2D eigenvalue weighted by Crippen LogP contribution is 2.22. The molecule has 1 unspecified atom stereocenters. The second-order valence-corrected chi connectivity index (χ2v) is 6.63. The molecule has 0 radical (unpaired) electrons. The summed E-state index contributed by atoms with van der Waals surface area (Å²) < 4.78 is 14.9. The largest absolute Gasteiger partial charge is 0.349 e. The Morgan fingerprint density at radius 1 is 1.12 bits per heavy atom. The highest BCUT2D eigenvalue weighted by molar-refractivity contribution is 5.79. The van der Waals surface area contributed by atoms with Crippen LogP contribution in [0.4, 0.5) is 4.39 Å². The molecule has 0 aliphatic rings. The van der Waals surface area contributed by atoms with Gasteiger partial charge in [-0.05, 0) is 47.4 Å². The lowest BCUT2D eigenvalue weighted by Gasteiger charge is -2.23. The number of carbonyl (C=O) groups excluding carboxylic acids is 1. The number of rotatable bonds is 6. The van der Waals surface area contributed by atoms with Crippen molar-refractivity contribution in [3.8, 4) is 5.69 Å². The van der Waals surface area contributed by atoms with Gasteiger partial charge in [0, 0.05) is 12.4 Å². The van der Waals surface area contributed by atoms with Crippen molar-refractivity contribution in [1.82, 2.24) is 15.1 Å². The molecule has 26 heavy (non-hydrogen) atoms. The minimum absolute atomic E-state index is 0.0557. The molecular formula is C21H22FN3O. The maximum absolute atomic E-state index is 13.1. The van der Waals surface area contributed by atoms with Crippen molar-refractivity contribution < 1.29 is 9.18 Å². The van der Waals surface area contributed by atoms with Crippen molar-refractivity contribution in [2.75, 3.05) is 0 Å². The van der Waals surface area contributed by atoms with Crippen molar-refractivity contribution in [1.29, 1.82) is 0 Å². The first-order valence-corrected chi connectivity index (χ1v) is 8.67. The Bertz CT molecular complexity index is 840. The van der Waals surface area contributed by atoms with Crippen LogP contribution in [-0.4, -0.2) is 15.7 Å². The molecule has 0 saturated carbocycles. The monoisotopic (exact) mass is 351 g/mol. The first-order valence-electron chi connectivity index (χ1n) is 8.67. The molecule has 4 nitrogen and oxygen atoms in total. The maximum atomic E-state index is 13.1. The predicted molar refractivity (Wildman–Crippen MR) is 99.4 cm³/mol. The number of nitrogens with one attached hydrogen (secondary N) is 1. The number of carbonyl (C=O) groups is 1. The van der Waals surface area contributed by atoms with Gasteiger partial charge < -0.3 is 5.32 Å². The summed E-state index contributed by atoms with van der Waals surface area (Å²) in [6, 6.07) is 15.7. The zero-order valence-electron chi connectivity index (χ0n) is 14.9. The molecule has 1 N–H and O–H groups in total. The van der Waals surface area contributed by atoms with E-state index in [0.717, 1.165) is 16.8 Å². The lowest BCUT2D eigenvalue weighted by molar-refractivity contribution is -0.121. The van der Waals surface area contributed by atoms with Crippen LogP contribution in [0.2, 0.25) is 0 Å². The molecule has 2 aromatic carbocycles. The van der Waals surface area contributed by atoms with E-state index in [2.05, 4.69) is 10.4 Å². The number of aromatic nitrogens is 2. The van der Waals surface area contributed by atoms with Crippen LogP contribution < -0.4 is 5.32 Å². The van der Waals surface area contributed by atoms with Crippen LogP contribution in [-0.2, 0) is 11.2 Å². The lowest BCUT2D eigenvalue weighted by atomic mass is 9.95. The van der Waals surface area contributed by atoms with E-state index in [1.807, 2.05) is 50.4 Å². The molecule has 3 rings (SSSR count). The number of nitrogens with zero attached hydrogens (tertiary/aromatic N) is 2. The second kappa shape index (κ2) is 7.95. The van der Waals surface area contributed by atoms with Crippen molar-refractivity contribution in [3.05, 3.63) is 83.9 Å². The normalized spacial score (nSPS) is 12.2. The quantitative estimate of drug-likeness (QED) is 0.728. The van der Waals surface area contributed by atoms with E-state index in [-0.39, 0.29) is 23.7 Å². The third kappa shape index (κ3) is 4.36. The molecule has 0 bridgehead atoms. The van der Waals surface area contributed by atoms with Crippen LogP contribution in [0.15, 0.2) is 67.0 Å². The summed E-state index contributed by atoms with van der Waals surface area (Å²) in [5.41, 5.74) is 2.79. The Balaban J connectivity index is 1.66. The topological polar surface area (TPSA) is 46.9 Å². The van der Waals surface area contributed by atoms with Gasteiger partial charge in [-0.1, -0.05) is 38.1 Å². The fraction of sp³-hybridized carbons (Fsp3) is 0.238. The average molecular weight is 351 g/mol. The van der Waals surface area contributed by atoms with Crippen LogP contribution in [0.5, 0.6) is 0 Å². The molecule has 3 aromatic rings. The summed E-state index contributed by atoms with van der Waals surface area (Å²) >= 11 is 0. The van der Waals surface area contributed by atoms with Gasteiger partial charge in [0.25, 0.3) is 0 Å². The summed E-state index contributed by atoms with van der Waals surface area (Å²) in [5.74, 6) is -0.133. The molecule has 1 aromatic heterocycles. The van der Waals surface area contributed by atoms with Crippen molar-refractivity contribution in [2.24, 2.45) is 5.92 Å². The zero-order valence-corrected chi connectivity index (χ0v) is 14.9. The van der Waals surface area contributed by atoms with Crippen LogP contribution >= 0.6 is 0 Å². The van der Waals surface area contributed by atoms with Gasteiger partial charge in [-0.25, -0.2) is 9.07 Å². The summed E-state index contributed by atoms with van der Waals surface area (Å²) in [4.78, 5) is 12.5. The maximum Gasteiger partial charge on any atom is 0.224 e. The van der Waals surface area contributed by atoms with Gasteiger partial charge >= 0.3 is 0 Å². The number of hydrogen-bond acceptors (Lipinski definition) is 2.